The fourth-order valence-corrected chi connectivity index (χ4v) is 5.88. The Balaban J connectivity index is 1.95. The van der Waals surface area contributed by atoms with Crippen molar-refractivity contribution in [2.24, 2.45) is 22.7 Å². The first-order chi connectivity index (χ1) is 12.5. The Bertz CT molecular complexity index is 666. The zero-order chi connectivity index (χ0) is 20.0. The van der Waals surface area contributed by atoms with Gasteiger partial charge in [0.2, 0.25) is 0 Å². The number of carbonyl (C=O) groups excluding carboxylic acids is 1. The minimum atomic E-state index is -1.31. The van der Waals surface area contributed by atoms with E-state index in [1.807, 2.05) is 6.07 Å². The van der Waals surface area contributed by atoms with E-state index < -0.39 is 29.2 Å². The molecule has 2 aliphatic carbocycles. The SMILES string of the molecule is CC(=O)OC1CC2C(C)(CCc3ccoc3)C(C)CCC2(C)C(C)(O)C1O. The van der Waals surface area contributed by atoms with Crippen LogP contribution in [0.3, 0.4) is 0 Å². The highest BCUT2D eigenvalue weighted by molar-refractivity contribution is 5.66. The van der Waals surface area contributed by atoms with Gasteiger partial charge in [0.25, 0.3) is 0 Å². The third kappa shape index (κ3) is 3.23. The lowest BCUT2D eigenvalue weighted by atomic mass is 9.42. The van der Waals surface area contributed by atoms with Crippen molar-refractivity contribution in [3.63, 3.8) is 0 Å². The van der Waals surface area contributed by atoms with E-state index in [2.05, 4.69) is 20.8 Å². The molecule has 2 aliphatic rings. The monoisotopic (exact) mass is 378 g/mol. The standard InChI is InChI=1S/C22H34O5/c1-14-6-10-21(4)18(20(14,3)9-7-16-8-11-26-13-16)12-17(27-15(2)23)19(24)22(21,5)25/h8,11,13-14,17-19,24-25H,6-7,9-10,12H2,1-5H3. The molecule has 3 rings (SSSR count). The molecule has 7 unspecified atom stereocenters. The largest absolute Gasteiger partial charge is 0.472 e. The van der Waals surface area contributed by atoms with Gasteiger partial charge in [-0.05, 0) is 67.9 Å². The van der Waals surface area contributed by atoms with E-state index in [9.17, 15) is 15.0 Å². The summed E-state index contributed by atoms with van der Waals surface area (Å²) in [4.78, 5) is 11.6. The number of esters is 1. The highest BCUT2D eigenvalue weighted by atomic mass is 16.6. The molecule has 0 aromatic carbocycles. The second kappa shape index (κ2) is 6.93. The van der Waals surface area contributed by atoms with Gasteiger partial charge in [0.05, 0.1) is 18.1 Å². The van der Waals surface area contributed by atoms with Crippen LogP contribution in [0, 0.1) is 22.7 Å². The summed E-state index contributed by atoms with van der Waals surface area (Å²) < 4.78 is 10.7. The maximum atomic E-state index is 11.6. The maximum Gasteiger partial charge on any atom is 0.302 e. The number of hydrogen-bond acceptors (Lipinski definition) is 5. The van der Waals surface area contributed by atoms with Gasteiger partial charge in [0.15, 0.2) is 0 Å². The predicted molar refractivity (Wildman–Crippen MR) is 102 cm³/mol. The molecule has 0 saturated heterocycles. The number of fused-ring (bicyclic) bond motifs is 1. The molecular weight excluding hydrogens is 344 g/mol. The summed E-state index contributed by atoms with van der Waals surface area (Å²) in [6, 6.07) is 2.00. The normalized spacial score (nSPS) is 44.6. The van der Waals surface area contributed by atoms with E-state index in [0.29, 0.717) is 12.3 Å². The molecule has 27 heavy (non-hydrogen) atoms. The van der Waals surface area contributed by atoms with Crippen molar-refractivity contribution in [2.45, 2.75) is 84.5 Å². The second-order valence-corrected chi connectivity index (χ2v) is 9.52. The Labute approximate surface area is 162 Å². The fourth-order valence-electron chi connectivity index (χ4n) is 5.88. The minimum absolute atomic E-state index is 0.0349. The third-order valence-electron chi connectivity index (χ3n) is 8.19. The molecule has 5 nitrogen and oxygen atoms in total. The van der Waals surface area contributed by atoms with Gasteiger partial charge in [0, 0.05) is 12.3 Å². The molecule has 7 atom stereocenters. The predicted octanol–water partition coefficient (Wildman–Crippen LogP) is 3.72. The molecule has 0 spiro atoms. The number of aliphatic hydroxyl groups is 2. The summed E-state index contributed by atoms with van der Waals surface area (Å²) in [6.07, 6.45) is 6.07. The first-order valence-electron chi connectivity index (χ1n) is 10.1. The molecule has 1 heterocycles. The van der Waals surface area contributed by atoms with Crippen LogP contribution >= 0.6 is 0 Å². The molecule has 2 N–H and O–H groups in total. The van der Waals surface area contributed by atoms with Crippen LogP contribution < -0.4 is 0 Å². The summed E-state index contributed by atoms with van der Waals surface area (Å²) in [5.74, 6) is 0.206. The molecule has 0 radical (unpaired) electrons. The molecular formula is C22H34O5. The highest BCUT2D eigenvalue weighted by Gasteiger charge is 2.65. The molecule has 0 bridgehead atoms. The van der Waals surface area contributed by atoms with Gasteiger partial charge in [0.1, 0.15) is 12.2 Å². The lowest BCUT2D eigenvalue weighted by Gasteiger charge is -2.65. The topological polar surface area (TPSA) is 79.9 Å². The molecule has 2 fully saturated rings. The van der Waals surface area contributed by atoms with Gasteiger partial charge in [-0.2, -0.15) is 0 Å². The van der Waals surface area contributed by atoms with Crippen molar-refractivity contribution in [1.82, 2.24) is 0 Å². The molecule has 2 saturated carbocycles. The van der Waals surface area contributed by atoms with Gasteiger partial charge < -0.3 is 19.4 Å². The Kier molecular flexibility index (Phi) is 5.23. The summed E-state index contributed by atoms with van der Waals surface area (Å²) in [7, 11) is 0. The van der Waals surface area contributed by atoms with E-state index in [1.165, 1.54) is 12.5 Å². The van der Waals surface area contributed by atoms with Gasteiger partial charge in [-0.1, -0.05) is 20.8 Å². The number of hydrogen-bond donors (Lipinski definition) is 2. The van der Waals surface area contributed by atoms with E-state index >= 15 is 0 Å². The van der Waals surface area contributed by atoms with E-state index in [0.717, 1.165) is 25.7 Å². The molecule has 0 aliphatic heterocycles. The third-order valence-corrected chi connectivity index (χ3v) is 8.19. The number of furan rings is 1. The Morgan fingerprint density at radius 3 is 2.67 bits per heavy atom. The van der Waals surface area contributed by atoms with Crippen LogP contribution in [0.2, 0.25) is 0 Å². The summed E-state index contributed by atoms with van der Waals surface area (Å²) in [5, 5.41) is 22.2. The zero-order valence-corrected chi connectivity index (χ0v) is 17.2. The number of rotatable bonds is 4. The van der Waals surface area contributed by atoms with Crippen LogP contribution in [0.5, 0.6) is 0 Å². The van der Waals surface area contributed by atoms with Crippen LogP contribution in [0.4, 0.5) is 0 Å². The number of aryl methyl sites for hydroxylation is 1. The average molecular weight is 379 g/mol. The number of carbonyl (C=O) groups is 1. The van der Waals surface area contributed by atoms with E-state index in [-0.39, 0.29) is 11.3 Å². The first kappa shape index (κ1) is 20.4. The van der Waals surface area contributed by atoms with Crippen LogP contribution in [0.15, 0.2) is 23.0 Å². The Morgan fingerprint density at radius 2 is 2.07 bits per heavy atom. The molecule has 1 aromatic rings. The second-order valence-electron chi connectivity index (χ2n) is 9.52. The van der Waals surface area contributed by atoms with Crippen molar-refractivity contribution >= 4 is 5.97 Å². The highest BCUT2D eigenvalue weighted by Crippen LogP contribution is 2.64. The Hall–Kier alpha value is -1.33. The lowest BCUT2D eigenvalue weighted by Crippen LogP contribution is -2.69. The van der Waals surface area contributed by atoms with Gasteiger partial charge in [-0.25, -0.2) is 0 Å². The number of aliphatic hydroxyl groups excluding tert-OH is 1. The summed E-state index contributed by atoms with van der Waals surface area (Å²) in [6.45, 7) is 9.77. The van der Waals surface area contributed by atoms with Crippen molar-refractivity contribution in [1.29, 1.82) is 0 Å². The first-order valence-corrected chi connectivity index (χ1v) is 10.1. The van der Waals surface area contributed by atoms with Crippen molar-refractivity contribution in [3.05, 3.63) is 24.2 Å². The van der Waals surface area contributed by atoms with E-state index in [4.69, 9.17) is 9.15 Å². The lowest BCUT2D eigenvalue weighted by molar-refractivity contribution is -0.267. The van der Waals surface area contributed by atoms with Crippen molar-refractivity contribution < 1.29 is 24.2 Å². The smallest absolute Gasteiger partial charge is 0.302 e. The zero-order valence-electron chi connectivity index (χ0n) is 17.2. The maximum absolute atomic E-state index is 11.6. The van der Waals surface area contributed by atoms with Crippen LogP contribution in [-0.2, 0) is 16.0 Å². The summed E-state index contributed by atoms with van der Waals surface area (Å²) in [5.41, 5.74) is -0.601. The quantitative estimate of drug-likeness (QED) is 0.781. The molecule has 5 heteroatoms. The Morgan fingerprint density at radius 1 is 1.37 bits per heavy atom. The van der Waals surface area contributed by atoms with E-state index in [1.54, 1.807) is 19.5 Å². The molecule has 152 valence electrons. The van der Waals surface area contributed by atoms with Crippen molar-refractivity contribution in [3.8, 4) is 0 Å². The van der Waals surface area contributed by atoms with Gasteiger partial charge in [-0.3, -0.25) is 4.79 Å². The van der Waals surface area contributed by atoms with Crippen LogP contribution in [0.1, 0.15) is 65.9 Å². The van der Waals surface area contributed by atoms with Crippen molar-refractivity contribution in [2.75, 3.05) is 0 Å². The average Bonchev–Trinajstić information content (AvgIpc) is 3.11. The molecule has 0 amide bonds. The number of ether oxygens (including phenoxy) is 1. The minimum Gasteiger partial charge on any atom is -0.472 e. The molecule has 1 aromatic heterocycles. The van der Waals surface area contributed by atoms with Crippen LogP contribution in [0.25, 0.3) is 0 Å². The van der Waals surface area contributed by atoms with Crippen LogP contribution in [-0.4, -0.2) is 34.0 Å². The van der Waals surface area contributed by atoms with Gasteiger partial charge in [-0.15, -0.1) is 0 Å². The van der Waals surface area contributed by atoms with Gasteiger partial charge >= 0.3 is 5.97 Å². The fraction of sp³-hybridized carbons (Fsp3) is 0.773. The summed E-state index contributed by atoms with van der Waals surface area (Å²) >= 11 is 0.